The third-order valence-electron chi connectivity index (χ3n) is 5.18. The maximum atomic E-state index is 12.3. The number of hydrogen-bond donors (Lipinski definition) is 2. The Kier molecular flexibility index (Phi) is 4.78. The number of likely N-dealkylation sites (tertiary alicyclic amines) is 1. The maximum Gasteiger partial charge on any atom is 0.238 e. The van der Waals surface area contributed by atoms with E-state index in [4.69, 9.17) is 5.73 Å². The number of para-hydroxylation sites is 1. The van der Waals surface area contributed by atoms with Crippen LogP contribution in [0.1, 0.15) is 36.5 Å². The van der Waals surface area contributed by atoms with Gasteiger partial charge in [-0.05, 0) is 43.7 Å². The van der Waals surface area contributed by atoms with Crippen molar-refractivity contribution in [1.29, 1.82) is 0 Å². The van der Waals surface area contributed by atoms with E-state index in [-0.39, 0.29) is 17.7 Å². The minimum Gasteiger partial charge on any atom is -0.327 e. The fourth-order valence-corrected chi connectivity index (χ4v) is 4.03. The molecule has 0 aromatic heterocycles. The van der Waals surface area contributed by atoms with Crippen molar-refractivity contribution in [2.24, 2.45) is 17.6 Å². The lowest BCUT2D eigenvalue weighted by Crippen LogP contribution is -2.38. The number of rotatable bonds is 4. The number of nitrogens with two attached hydrogens (primary N) is 1. The first-order chi connectivity index (χ1) is 11.0. The summed E-state index contributed by atoms with van der Waals surface area (Å²) in [5.41, 5.74) is 7.37. The predicted octanol–water partition coefficient (Wildman–Crippen LogP) is 1.89. The van der Waals surface area contributed by atoms with Gasteiger partial charge in [0.2, 0.25) is 5.91 Å². The Morgan fingerprint density at radius 3 is 2.78 bits per heavy atom. The molecule has 5 heteroatoms. The van der Waals surface area contributed by atoms with E-state index in [1.54, 1.807) is 18.2 Å². The van der Waals surface area contributed by atoms with E-state index in [9.17, 15) is 9.59 Å². The van der Waals surface area contributed by atoms with Gasteiger partial charge >= 0.3 is 0 Å². The van der Waals surface area contributed by atoms with E-state index >= 15 is 0 Å². The Morgan fingerprint density at radius 2 is 2.04 bits per heavy atom. The predicted molar refractivity (Wildman–Crippen MR) is 90.3 cm³/mol. The summed E-state index contributed by atoms with van der Waals surface area (Å²) in [6.45, 7) is 3.75. The number of ketones is 1. The number of hydrogen-bond acceptors (Lipinski definition) is 4. The second-order valence-electron chi connectivity index (χ2n) is 6.86. The first kappa shape index (κ1) is 16.1. The van der Waals surface area contributed by atoms with Crippen molar-refractivity contribution in [3.8, 4) is 0 Å². The van der Waals surface area contributed by atoms with Gasteiger partial charge in [-0.25, -0.2) is 0 Å². The van der Waals surface area contributed by atoms with Gasteiger partial charge in [0.1, 0.15) is 0 Å². The normalized spacial score (nSPS) is 27.5. The molecule has 1 aliphatic heterocycles. The smallest absolute Gasteiger partial charge is 0.238 e. The van der Waals surface area contributed by atoms with Crippen molar-refractivity contribution in [2.45, 2.75) is 32.2 Å². The molecule has 0 spiro atoms. The molecular formula is C18H25N3O2. The van der Waals surface area contributed by atoms with Gasteiger partial charge in [0.25, 0.3) is 0 Å². The van der Waals surface area contributed by atoms with Crippen molar-refractivity contribution in [3.05, 3.63) is 29.8 Å². The topological polar surface area (TPSA) is 75.4 Å². The lowest BCUT2D eigenvalue weighted by Gasteiger charge is -2.29. The van der Waals surface area contributed by atoms with E-state index < -0.39 is 0 Å². The number of fused-ring (bicyclic) bond motifs is 1. The summed E-state index contributed by atoms with van der Waals surface area (Å²) in [5.74, 6) is 1.06. The van der Waals surface area contributed by atoms with Gasteiger partial charge in [0.05, 0.1) is 12.2 Å². The van der Waals surface area contributed by atoms with Crippen LogP contribution in [0.4, 0.5) is 5.69 Å². The number of amides is 1. The molecule has 1 saturated heterocycles. The first-order valence-corrected chi connectivity index (χ1v) is 8.42. The van der Waals surface area contributed by atoms with E-state index in [2.05, 4.69) is 10.2 Å². The fraction of sp³-hybridized carbons (Fsp3) is 0.556. The summed E-state index contributed by atoms with van der Waals surface area (Å²) in [6.07, 6.45) is 3.53. The monoisotopic (exact) mass is 315 g/mol. The molecule has 124 valence electrons. The Bertz CT molecular complexity index is 602. The van der Waals surface area contributed by atoms with Crippen molar-refractivity contribution in [2.75, 3.05) is 25.0 Å². The molecule has 1 aliphatic carbocycles. The molecule has 3 N–H and O–H groups in total. The first-order valence-electron chi connectivity index (χ1n) is 8.42. The highest BCUT2D eigenvalue weighted by Gasteiger charge is 2.39. The summed E-state index contributed by atoms with van der Waals surface area (Å²) in [4.78, 5) is 26.2. The summed E-state index contributed by atoms with van der Waals surface area (Å²) in [5, 5.41) is 2.88. The SMILES string of the molecule is CC(=O)c1ccccc1NC(=O)CN1CC2CCCC(N)C2C1. The van der Waals surface area contributed by atoms with E-state index in [1.807, 2.05) is 6.07 Å². The average molecular weight is 315 g/mol. The molecule has 0 radical (unpaired) electrons. The van der Waals surface area contributed by atoms with Gasteiger partial charge in [0.15, 0.2) is 5.78 Å². The third-order valence-corrected chi connectivity index (χ3v) is 5.18. The van der Waals surface area contributed by atoms with E-state index in [0.717, 1.165) is 19.5 Å². The zero-order chi connectivity index (χ0) is 16.4. The molecule has 3 atom stereocenters. The van der Waals surface area contributed by atoms with Gasteiger partial charge in [-0.15, -0.1) is 0 Å². The van der Waals surface area contributed by atoms with Gasteiger partial charge < -0.3 is 11.1 Å². The third kappa shape index (κ3) is 3.62. The molecule has 5 nitrogen and oxygen atoms in total. The zero-order valence-electron chi connectivity index (χ0n) is 13.6. The Balaban J connectivity index is 1.59. The molecule has 3 rings (SSSR count). The highest BCUT2D eigenvalue weighted by Crippen LogP contribution is 2.35. The molecule has 1 heterocycles. The number of anilines is 1. The van der Waals surface area contributed by atoms with Crippen LogP contribution in [0, 0.1) is 11.8 Å². The highest BCUT2D eigenvalue weighted by molar-refractivity contribution is 6.04. The molecule has 1 saturated carbocycles. The van der Waals surface area contributed by atoms with Crippen molar-refractivity contribution >= 4 is 17.4 Å². The quantitative estimate of drug-likeness (QED) is 0.832. The van der Waals surface area contributed by atoms with Gasteiger partial charge in [-0.1, -0.05) is 18.6 Å². The minimum atomic E-state index is -0.0640. The van der Waals surface area contributed by atoms with Gasteiger partial charge in [0, 0.05) is 24.7 Å². The van der Waals surface area contributed by atoms with Crippen LogP contribution in [0.15, 0.2) is 24.3 Å². The van der Waals surface area contributed by atoms with E-state index in [1.165, 1.54) is 19.8 Å². The molecule has 1 aromatic rings. The highest BCUT2D eigenvalue weighted by atomic mass is 16.2. The summed E-state index contributed by atoms with van der Waals surface area (Å²) in [6, 6.07) is 7.42. The van der Waals surface area contributed by atoms with Crippen molar-refractivity contribution in [3.63, 3.8) is 0 Å². The van der Waals surface area contributed by atoms with Crippen LogP contribution in [0.3, 0.4) is 0 Å². The minimum absolute atomic E-state index is 0.0425. The summed E-state index contributed by atoms with van der Waals surface area (Å²) < 4.78 is 0. The van der Waals surface area contributed by atoms with E-state index in [0.29, 0.717) is 29.6 Å². The van der Waals surface area contributed by atoms with Gasteiger partial charge in [-0.2, -0.15) is 0 Å². The molecule has 0 bridgehead atoms. The molecule has 3 unspecified atom stereocenters. The summed E-state index contributed by atoms with van der Waals surface area (Å²) in [7, 11) is 0. The maximum absolute atomic E-state index is 12.3. The number of Topliss-reactive ketones (excluding diaryl/α,β-unsaturated/α-hetero) is 1. The zero-order valence-corrected chi connectivity index (χ0v) is 13.6. The Hall–Kier alpha value is -1.72. The van der Waals surface area contributed by atoms with Gasteiger partial charge in [-0.3, -0.25) is 14.5 Å². The van der Waals surface area contributed by atoms with Crippen molar-refractivity contribution in [1.82, 2.24) is 4.90 Å². The average Bonchev–Trinajstić information content (AvgIpc) is 2.91. The molecule has 1 aromatic carbocycles. The molecular weight excluding hydrogens is 290 g/mol. The lowest BCUT2D eigenvalue weighted by molar-refractivity contribution is -0.117. The summed E-state index contributed by atoms with van der Waals surface area (Å²) >= 11 is 0. The van der Waals surface area contributed by atoms with Crippen LogP contribution in [0.5, 0.6) is 0 Å². The number of nitrogens with one attached hydrogen (secondary N) is 1. The molecule has 2 aliphatic rings. The number of nitrogens with zero attached hydrogens (tertiary/aromatic N) is 1. The second kappa shape index (κ2) is 6.81. The number of benzene rings is 1. The van der Waals surface area contributed by atoms with Crippen LogP contribution < -0.4 is 11.1 Å². The lowest BCUT2D eigenvalue weighted by atomic mass is 9.78. The second-order valence-corrected chi connectivity index (χ2v) is 6.86. The Morgan fingerprint density at radius 1 is 1.26 bits per heavy atom. The van der Waals surface area contributed by atoms with Crippen LogP contribution in [0.25, 0.3) is 0 Å². The Labute approximate surface area is 137 Å². The van der Waals surface area contributed by atoms with Crippen LogP contribution in [-0.4, -0.2) is 42.3 Å². The number of carbonyl (C=O) groups is 2. The van der Waals surface area contributed by atoms with Crippen LogP contribution >= 0.6 is 0 Å². The van der Waals surface area contributed by atoms with Crippen LogP contribution in [-0.2, 0) is 4.79 Å². The largest absolute Gasteiger partial charge is 0.327 e. The number of carbonyl (C=O) groups excluding carboxylic acids is 2. The fourth-order valence-electron chi connectivity index (χ4n) is 4.03. The molecule has 23 heavy (non-hydrogen) atoms. The molecule has 1 amide bonds. The van der Waals surface area contributed by atoms with Crippen molar-refractivity contribution < 1.29 is 9.59 Å². The molecule has 2 fully saturated rings. The standard InChI is InChI=1S/C18H25N3O2/c1-12(22)14-6-2-3-8-17(14)20-18(23)11-21-9-13-5-4-7-16(19)15(13)10-21/h2-3,6,8,13,15-16H,4-5,7,9-11,19H2,1H3,(H,20,23). The van der Waals surface area contributed by atoms with Crippen LogP contribution in [0.2, 0.25) is 0 Å².